The maximum Gasteiger partial charge on any atom is 0.329 e. The van der Waals surface area contributed by atoms with Crippen molar-refractivity contribution in [3.8, 4) is 44.5 Å². The predicted octanol–water partition coefficient (Wildman–Crippen LogP) is 12.7. The fraction of sp³-hybridized carbons (Fsp3) is 0. The molecule has 240 valence electrons. The topological polar surface area (TPSA) is 3.24 Å². The van der Waals surface area contributed by atoms with Crippen LogP contribution in [0.25, 0.3) is 84.9 Å². The number of rotatable bonds is 2. The van der Waals surface area contributed by atoms with Crippen LogP contribution in [0.5, 0.6) is 0 Å². The second-order valence-electron chi connectivity index (χ2n) is 14.0. The smallest absolute Gasteiger partial charge is 0.329 e. The Kier molecular flexibility index (Phi) is 5.96. The van der Waals surface area contributed by atoms with Crippen molar-refractivity contribution >= 4 is 92.2 Å². The zero-order chi connectivity index (χ0) is 33.9. The molecule has 2 aromatic heterocycles. The van der Waals surface area contributed by atoms with Gasteiger partial charge in [0.2, 0.25) is 0 Å². The third kappa shape index (κ3) is 4.05. The summed E-state index contributed by atoms with van der Waals surface area (Å²) in [5.41, 5.74) is 15.4. The number of hydrogen-bond acceptors (Lipinski definition) is 3. The first-order valence-corrected chi connectivity index (χ1v) is 19.5. The van der Waals surface area contributed by atoms with Crippen LogP contribution in [0.4, 0.5) is 11.4 Å². The molecule has 10 aromatic rings. The van der Waals surface area contributed by atoms with E-state index in [-0.39, 0.29) is 6.85 Å². The van der Waals surface area contributed by atoms with Crippen LogP contribution in [0.3, 0.4) is 0 Å². The third-order valence-corrected chi connectivity index (χ3v) is 13.6. The van der Waals surface area contributed by atoms with Gasteiger partial charge in [0.1, 0.15) is 0 Å². The molecule has 0 saturated heterocycles. The van der Waals surface area contributed by atoms with Crippen molar-refractivity contribution in [3.63, 3.8) is 0 Å². The zero-order valence-corrected chi connectivity index (χ0v) is 29.6. The standard InChI is InChI=1S/C48H28BNS2/c1-5-13-43-33(9-1)37-25-29(31-19-23-47-39(27-31)35-11-3-7-15-45(35)51-47)17-21-41(37)49-42-22-18-30(26-38(42)34-10-2-6-14-44(34)50(43)49)32-20-24-48-40(28-32)36-12-4-8-16-46(36)52-48/h1-28H. The average Bonchev–Trinajstić information content (AvgIpc) is 3.78. The minimum absolute atomic E-state index is 0.0597. The Hall–Kier alpha value is -5.94. The minimum atomic E-state index is 0.0597. The van der Waals surface area contributed by atoms with Gasteiger partial charge in [-0.05, 0) is 105 Å². The van der Waals surface area contributed by atoms with E-state index < -0.39 is 0 Å². The molecule has 0 radical (unpaired) electrons. The first-order chi connectivity index (χ1) is 25.8. The Morgan fingerprint density at radius 3 is 1.25 bits per heavy atom. The molecule has 0 N–H and O–H groups in total. The first kappa shape index (κ1) is 28.7. The van der Waals surface area contributed by atoms with E-state index in [9.17, 15) is 0 Å². The summed E-state index contributed by atoms with van der Waals surface area (Å²) in [7, 11) is 0. The fourth-order valence-corrected chi connectivity index (χ4v) is 11.1. The third-order valence-electron chi connectivity index (χ3n) is 11.3. The number of nitrogens with zero attached hydrogens (tertiary/aromatic N) is 1. The predicted molar refractivity (Wildman–Crippen MR) is 228 cm³/mol. The number of para-hydroxylation sites is 2. The summed E-state index contributed by atoms with van der Waals surface area (Å²) in [5.74, 6) is 0. The van der Waals surface area contributed by atoms with Gasteiger partial charge in [0, 0.05) is 62.8 Å². The van der Waals surface area contributed by atoms with Gasteiger partial charge >= 0.3 is 6.85 Å². The maximum atomic E-state index is 2.59. The highest BCUT2D eigenvalue weighted by atomic mass is 32.1. The van der Waals surface area contributed by atoms with Crippen LogP contribution in [0.2, 0.25) is 0 Å². The van der Waals surface area contributed by atoms with Crippen molar-refractivity contribution in [2.45, 2.75) is 0 Å². The second kappa shape index (κ2) is 10.8. The molecule has 4 heterocycles. The van der Waals surface area contributed by atoms with Crippen molar-refractivity contribution in [1.82, 2.24) is 0 Å². The van der Waals surface area contributed by atoms with Gasteiger partial charge in [-0.1, -0.05) is 109 Å². The Morgan fingerprint density at radius 2 is 0.731 bits per heavy atom. The molecule has 1 nitrogen and oxygen atoms in total. The van der Waals surface area contributed by atoms with Crippen molar-refractivity contribution in [3.05, 3.63) is 170 Å². The van der Waals surface area contributed by atoms with E-state index in [1.165, 1.54) is 107 Å². The SMILES string of the molecule is c1ccc2c(c1)-c1cc(-c3ccc4sc5ccccc5c4c3)ccc1B1c3ccc(-c4ccc5sc6ccccc6c5c4)cc3-c3ccccc3N12. The molecule has 0 bridgehead atoms. The molecule has 0 saturated carbocycles. The molecule has 0 atom stereocenters. The molecule has 0 spiro atoms. The van der Waals surface area contributed by atoms with Gasteiger partial charge in [-0.15, -0.1) is 22.7 Å². The number of anilines is 2. The summed E-state index contributed by atoms with van der Waals surface area (Å²) in [4.78, 5) is 2.59. The lowest BCUT2D eigenvalue weighted by molar-refractivity contribution is 1.35. The molecule has 12 rings (SSSR count). The van der Waals surface area contributed by atoms with E-state index in [4.69, 9.17) is 0 Å². The zero-order valence-electron chi connectivity index (χ0n) is 28.0. The minimum Gasteiger partial charge on any atom is -0.376 e. The van der Waals surface area contributed by atoms with E-state index in [2.05, 4.69) is 175 Å². The molecule has 2 aliphatic rings. The van der Waals surface area contributed by atoms with Gasteiger partial charge in [0.15, 0.2) is 0 Å². The van der Waals surface area contributed by atoms with Crippen LogP contribution in [-0.2, 0) is 0 Å². The average molecular weight is 694 g/mol. The summed E-state index contributed by atoms with van der Waals surface area (Å²) in [6, 6.07) is 63.8. The lowest BCUT2D eigenvalue weighted by atomic mass is 9.43. The molecule has 8 aromatic carbocycles. The van der Waals surface area contributed by atoms with E-state index >= 15 is 0 Å². The molecule has 0 fully saturated rings. The highest BCUT2D eigenvalue weighted by molar-refractivity contribution is 7.26. The van der Waals surface area contributed by atoms with E-state index in [0.29, 0.717) is 0 Å². The van der Waals surface area contributed by atoms with Gasteiger partial charge in [-0.25, -0.2) is 0 Å². The quantitative estimate of drug-likeness (QED) is 0.163. The van der Waals surface area contributed by atoms with Gasteiger partial charge in [0.25, 0.3) is 0 Å². The van der Waals surface area contributed by atoms with Crippen LogP contribution in [-0.4, -0.2) is 6.85 Å². The Morgan fingerprint density at radius 1 is 0.327 bits per heavy atom. The first-order valence-electron chi connectivity index (χ1n) is 17.9. The largest absolute Gasteiger partial charge is 0.376 e. The monoisotopic (exact) mass is 693 g/mol. The fourth-order valence-electron chi connectivity index (χ4n) is 8.90. The summed E-state index contributed by atoms with van der Waals surface area (Å²) in [6.07, 6.45) is 0. The normalized spacial score (nSPS) is 12.9. The van der Waals surface area contributed by atoms with E-state index in [1.54, 1.807) is 0 Å². The van der Waals surface area contributed by atoms with Crippen molar-refractivity contribution < 1.29 is 0 Å². The van der Waals surface area contributed by atoms with Crippen molar-refractivity contribution in [2.75, 3.05) is 4.81 Å². The van der Waals surface area contributed by atoms with Gasteiger partial charge < -0.3 is 4.81 Å². The summed E-state index contributed by atoms with van der Waals surface area (Å²) in [6.45, 7) is 0.0597. The Labute approximate surface area is 309 Å². The van der Waals surface area contributed by atoms with Crippen molar-refractivity contribution in [1.29, 1.82) is 0 Å². The highest BCUT2D eigenvalue weighted by Crippen LogP contribution is 2.47. The molecule has 52 heavy (non-hydrogen) atoms. The number of fused-ring (bicyclic) bond motifs is 17. The lowest BCUT2D eigenvalue weighted by Gasteiger charge is -2.43. The van der Waals surface area contributed by atoms with E-state index in [1.807, 2.05) is 22.7 Å². The maximum absolute atomic E-state index is 2.59. The number of benzene rings is 8. The van der Waals surface area contributed by atoms with Crippen LogP contribution in [0.15, 0.2) is 170 Å². The summed E-state index contributed by atoms with van der Waals surface area (Å²) in [5, 5.41) is 5.34. The summed E-state index contributed by atoms with van der Waals surface area (Å²) < 4.78 is 5.36. The Bertz CT molecular complexity index is 2910. The van der Waals surface area contributed by atoms with Gasteiger partial charge in [0.05, 0.1) is 0 Å². The van der Waals surface area contributed by atoms with Crippen LogP contribution in [0, 0.1) is 0 Å². The number of thiophene rings is 2. The molecule has 0 amide bonds. The van der Waals surface area contributed by atoms with Crippen LogP contribution >= 0.6 is 22.7 Å². The van der Waals surface area contributed by atoms with E-state index in [0.717, 1.165) is 0 Å². The van der Waals surface area contributed by atoms with Crippen molar-refractivity contribution in [2.24, 2.45) is 0 Å². The van der Waals surface area contributed by atoms with Crippen LogP contribution < -0.4 is 15.7 Å². The molecular formula is C48H28BNS2. The summed E-state index contributed by atoms with van der Waals surface area (Å²) >= 11 is 3.75. The highest BCUT2D eigenvalue weighted by Gasteiger charge is 2.42. The molecule has 4 heteroatoms. The van der Waals surface area contributed by atoms with Gasteiger partial charge in [-0.2, -0.15) is 0 Å². The second-order valence-corrected chi connectivity index (χ2v) is 16.2. The van der Waals surface area contributed by atoms with Crippen LogP contribution in [0.1, 0.15) is 0 Å². The Balaban J connectivity index is 1.04. The number of hydrogen-bond donors (Lipinski definition) is 0. The lowest BCUT2D eigenvalue weighted by Crippen LogP contribution is -2.59. The molecule has 2 aliphatic heterocycles. The molecular weight excluding hydrogens is 665 g/mol. The van der Waals surface area contributed by atoms with Gasteiger partial charge in [-0.3, -0.25) is 0 Å². The molecule has 0 aliphatic carbocycles. The molecule has 0 unspecified atom stereocenters.